The Bertz CT molecular complexity index is 681. The Morgan fingerprint density at radius 2 is 2.05 bits per heavy atom. The Hall–Kier alpha value is -2.01. The summed E-state index contributed by atoms with van der Waals surface area (Å²) in [5.41, 5.74) is 3.10. The average molecular weight is 285 g/mol. The summed E-state index contributed by atoms with van der Waals surface area (Å²) in [7, 11) is 0. The molecule has 0 radical (unpaired) electrons. The molecule has 21 heavy (non-hydrogen) atoms. The van der Waals surface area contributed by atoms with Gasteiger partial charge in [-0.25, -0.2) is 4.79 Å². The van der Waals surface area contributed by atoms with Crippen molar-refractivity contribution in [3.63, 3.8) is 0 Å². The first-order chi connectivity index (χ1) is 10.3. The van der Waals surface area contributed by atoms with Crippen molar-refractivity contribution in [1.29, 1.82) is 0 Å². The van der Waals surface area contributed by atoms with E-state index in [2.05, 4.69) is 11.4 Å². The van der Waals surface area contributed by atoms with Crippen molar-refractivity contribution in [2.75, 3.05) is 13.3 Å². The van der Waals surface area contributed by atoms with Crippen LogP contribution in [0.15, 0.2) is 23.8 Å². The molecule has 5 heteroatoms. The lowest BCUT2D eigenvalue weighted by Gasteiger charge is -2.39. The fraction of sp³-hybridized carbons (Fsp3) is 0.438. The molecule has 1 aromatic carbocycles. The summed E-state index contributed by atoms with van der Waals surface area (Å²) in [4.78, 5) is 12.3. The minimum Gasteiger partial charge on any atom is -0.458 e. The van der Waals surface area contributed by atoms with E-state index < -0.39 is 0 Å². The highest BCUT2D eigenvalue weighted by atomic mass is 16.7. The van der Waals surface area contributed by atoms with E-state index in [0.29, 0.717) is 11.3 Å². The topological polar surface area (TPSA) is 56.8 Å². The first-order valence-corrected chi connectivity index (χ1v) is 7.38. The number of ether oxygens (including phenoxy) is 3. The number of rotatable bonds is 0. The van der Waals surface area contributed by atoms with Crippen molar-refractivity contribution in [3.8, 4) is 11.5 Å². The zero-order chi connectivity index (χ0) is 14.0. The monoisotopic (exact) mass is 285 g/mol. The molecule has 0 spiro atoms. The predicted octanol–water partition coefficient (Wildman–Crippen LogP) is 1.73. The van der Waals surface area contributed by atoms with Gasteiger partial charge < -0.3 is 19.5 Å². The SMILES string of the molecule is O=C1O[C@@H]2CC=C3CCN[C@H]3[C@@H]2c2cc3c(cc21)OCO3. The number of esters is 1. The number of carbonyl (C=O) groups is 1. The van der Waals surface area contributed by atoms with Crippen LogP contribution in [0.25, 0.3) is 0 Å². The third kappa shape index (κ3) is 1.52. The zero-order valence-electron chi connectivity index (χ0n) is 11.4. The summed E-state index contributed by atoms with van der Waals surface area (Å²) in [5.74, 6) is 1.29. The highest BCUT2D eigenvalue weighted by molar-refractivity contribution is 5.94. The van der Waals surface area contributed by atoms with Gasteiger partial charge in [0, 0.05) is 18.4 Å². The first kappa shape index (κ1) is 11.6. The van der Waals surface area contributed by atoms with Crippen molar-refractivity contribution >= 4 is 5.97 Å². The average Bonchev–Trinajstić information content (AvgIpc) is 3.13. The van der Waals surface area contributed by atoms with Crippen molar-refractivity contribution in [1.82, 2.24) is 5.32 Å². The molecule has 1 aliphatic carbocycles. The van der Waals surface area contributed by atoms with E-state index in [1.807, 2.05) is 6.07 Å². The van der Waals surface area contributed by atoms with Crippen LogP contribution in [0.4, 0.5) is 0 Å². The van der Waals surface area contributed by atoms with E-state index in [1.165, 1.54) is 5.57 Å². The molecule has 1 N–H and O–H groups in total. The Morgan fingerprint density at radius 3 is 2.95 bits per heavy atom. The van der Waals surface area contributed by atoms with Gasteiger partial charge in [0.1, 0.15) is 6.10 Å². The Labute approximate surface area is 121 Å². The molecule has 108 valence electrons. The lowest BCUT2D eigenvalue weighted by molar-refractivity contribution is 0.0142. The van der Waals surface area contributed by atoms with Gasteiger partial charge in [-0.1, -0.05) is 11.6 Å². The fourth-order valence-electron chi connectivity index (χ4n) is 3.99. The molecule has 0 saturated carbocycles. The number of hydrogen-bond donors (Lipinski definition) is 1. The van der Waals surface area contributed by atoms with Crippen LogP contribution in [-0.2, 0) is 4.74 Å². The highest BCUT2D eigenvalue weighted by Crippen LogP contribution is 2.46. The maximum Gasteiger partial charge on any atom is 0.338 e. The van der Waals surface area contributed by atoms with Crippen molar-refractivity contribution in [2.24, 2.45) is 0 Å². The molecule has 0 unspecified atom stereocenters. The molecular formula is C16H15NO4. The van der Waals surface area contributed by atoms with Gasteiger partial charge >= 0.3 is 5.97 Å². The lowest BCUT2D eigenvalue weighted by atomic mass is 9.75. The van der Waals surface area contributed by atoms with E-state index in [4.69, 9.17) is 14.2 Å². The number of fused-ring (bicyclic) bond motifs is 6. The molecule has 1 saturated heterocycles. The molecular weight excluding hydrogens is 270 g/mol. The molecule has 5 nitrogen and oxygen atoms in total. The first-order valence-electron chi connectivity index (χ1n) is 7.38. The largest absolute Gasteiger partial charge is 0.458 e. The van der Waals surface area contributed by atoms with Gasteiger partial charge in [-0.15, -0.1) is 0 Å². The summed E-state index contributed by atoms with van der Waals surface area (Å²) >= 11 is 0. The molecule has 0 amide bonds. The van der Waals surface area contributed by atoms with E-state index in [1.54, 1.807) is 6.07 Å². The minimum atomic E-state index is -0.251. The van der Waals surface area contributed by atoms with Crippen LogP contribution >= 0.6 is 0 Å². The van der Waals surface area contributed by atoms with Gasteiger partial charge in [0.25, 0.3) is 0 Å². The van der Waals surface area contributed by atoms with Crippen LogP contribution in [0.1, 0.15) is 34.7 Å². The summed E-state index contributed by atoms with van der Waals surface area (Å²) in [6.45, 7) is 1.21. The Kier molecular flexibility index (Phi) is 2.22. The van der Waals surface area contributed by atoms with Gasteiger partial charge in [0.05, 0.1) is 5.56 Å². The Morgan fingerprint density at radius 1 is 1.19 bits per heavy atom. The normalized spacial score (nSPS) is 31.9. The molecule has 1 aromatic rings. The van der Waals surface area contributed by atoms with Gasteiger partial charge in [0.2, 0.25) is 6.79 Å². The summed E-state index contributed by atoms with van der Waals surface area (Å²) in [6, 6.07) is 4.01. The van der Waals surface area contributed by atoms with Crippen LogP contribution < -0.4 is 14.8 Å². The molecule has 0 aromatic heterocycles. The van der Waals surface area contributed by atoms with Gasteiger partial charge in [-0.05, 0) is 30.7 Å². The second kappa shape index (κ2) is 4.01. The molecule has 1 fully saturated rings. The van der Waals surface area contributed by atoms with E-state index >= 15 is 0 Å². The summed E-state index contributed by atoms with van der Waals surface area (Å²) < 4.78 is 16.5. The van der Waals surface area contributed by atoms with Crippen molar-refractivity contribution in [3.05, 3.63) is 34.9 Å². The Balaban J connectivity index is 1.68. The smallest absolute Gasteiger partial charge is 0.338 e. The zero-order valence-corrected chi connectivity index (χ0v) is 11.4. The van der Waals surface area contributed by atoms with Crippen molar-refractivity contribution in [2.45, 2.75) is 30.9 Å². The quantitative estimate of drug-likeness (QED) is 0.581. The number of nitrogens with one attached hydrogen (secondary N) is 1. The summed E-state index contributed by atoms with van der Waals surface area (Å²) in [5, 5.41) is 3.55. The fourth-order valence-corrected chi connectivity index (χ4v) is 3.99. The van der Waals surface area contributed by atoms with Gasteiger partial charge in [0.15, 0.2) is 11.5 Å². The van der Waals surface area contributed by atoms with Crippen LogP contribution in [0.2, 0.25) is 0 Å². The molecule has 3 atom stereocenters. The van der Waals surface area contributed by atoms with E-state index in [9.17, 15) is 4.79 Å². The predicted molar refractivity (Wildman–Crippen MR) is 73.6 cm³/mol. The number of benzene rings is 1. The standard InChI is InChI=1S/C16H15NO4/c18-16-10-6-13-12(19-7-20-13)5-9(10)14-11(21-16)2-1-8-3-4-17-15(8)14/h1,5-6,11,14-15,17H,2-4,7H2/t11-,14-,15-/m1/s1. The second-order valence-corrected chi connectivity index (χ2v) is 5.96. The van der Waals surface area contributed by atoms with Crippen LogP contribution in [0.3, 0.4) is 0 Å². The third-order valence-electron chi connectivity index (χ3n) is 4.93. The van der Waals surface area contributed by atoms with E-state index in [0.717, 1.165) is 30.7 Å². The van der Waals surface area contributed by atoms with E-state index in [-0.39, 0.29) is 30.8 Å². The summed E-state index contributed by atoms with van der Waals surface area (Å²) in [6.07, 6.45) is 4.04. The number of hydrogen-bond acceptors (Lipinski definition) is 5. The minimum absolute atomic E-state index is 0.0790. The molecule has 4 aliphatic rings. The number of carbonyl (C=O) groups excluding carboxylic acids is 1. The molecule has 3 heterocycles. The lowest BCUT2D eigenvalue weighted by Crippen LogP contribution is -2.44. The van der Waals surface area contributed by atoms with Crippen LogP contribution in [-0.4, -0.2) is 31.5 Å². The third-order valence-corrected chi connectivity index (χ3v) is 4.93. The van der Waals surface area contributed by atoms with Gasteiger partial charge in [-0.3, -0.25) is 0 Å². The van der Waals surface area contributed by atoms with Gasteiger partial charge in [-0.2, -0.15) is 0 Å². The maximum absolute atomic E-state index is 12.3. The maximum atomic E-state index is 12.3. The highest BCUT2D eigenvalue weighted by Gasteiger charge is 2.45. The molecule has 5 rings (SSSR count). The van der Waals surface area contributed by atoms with Crippen LogP contribution in [0, 0.1) is 0 Å². The molecule has 0 bridgehead atoms. The van der Waals surface area contributed by atoms with Crippen LogP contribution in [0.5, 0.6) is 11.5 Å². The second-order valence-electron chi connectivity index (χ2n) is 5.96. The van der Waals surface area contributed by atoms with Crippen molar-refractivity contribution < 1.29 is 19.0 Å². The molecule has 3 aliphatic heterocycles.